The molecule has 0 aliphatic carbocycles. The van der Waals surface area contributed by atoms with Crippen molar-refractivity contribution in [3.63, 3.8) is 0 Å². The Morgan fingerprint density at radius 3 is 3.20 bits per heavy atom. The van der Waals surface area contributed by atoms with Crippen molar-refractivity contribution in [3.8, 4) is 0 Å². The van der Waals surface area contributed by atoms with Crippen molar-refractivity contribution in [2.24, 2.45) is 0 Å². The SMILES string of the molecule is CCCc1[nH]cnc1C=O. The molecule has 0 aromatic carbocycles. The second-order valence-corrected chi connectivity index (χ2v) is 2.13. The largest absolute Gasteiger partial charge is 0.348 e. The molecule has 0 aliphatic heterocycles. The summed E-state index contributed by atoms with van der Waals surface area (Å²) in [6.45, 7) is 2.06. The summed E-state index contributed by atoms with van der Waals surface area (Å²) in [6.07, 6.45) is 4.26. The van der Waals surface area contributed by atoms with Crippen LogP contribution in [0.3, 0.4) is 0 Å². The summed E-state index contributed by atoms with van der Waals surface area (Å²) in [5, 5.41) is 0. The fourth-order valence-corrected chi connectivity index (χ4v) is 0.883. The summed E-state index contributed by atoms with van der Waals surface area (Å²) in [5.74, 6) is 0. The number of aromatic amines is 1. The molecule has 0 unspecified atom stereocenters. The average Bonchev–Trinajstić information content (AvgIpc) is 2.36. The minimum atomic E-state index is 0.543. The Kier molecular flexibility index (Phi) is 2.20. The highest BCUT2D eigenvalue weighted by molar-refractivity contribution is 5.73. The van der Waals surface area contributed by atoms with E-state index in [0.29, 0.717) is 5.69 Å². The van der Waals surface area contributed by atoms with Crippen molar-refractivity contribution >= 4 is 6.29 Å². The zero-order valence-electron chi connectivity index (χ0n) is 5.92. The number of H-pyrrole nitrogens is 1. The molecular formula is C7H10N2O. The molecule has 3 nitrogen and oxygen atoms in total. The first-order valence-corrected chi connectivity index (χ1v) is 3.36. The number of imidazole rings is 1. The zero-order valence-corrected chi connectivity index (χ0v) is 5.92. The van der Waals surface area contributed by atoms with E-state index in [0.717, 1.165) is 24.8 Å². The molecule has 1 aromatic heterocycles. The Labute approximate surface area is 59.5 Å². The van der Waals surface area contributed by atoms with Crippen LogP contribution in [0.1, 0.15) is 29.5 Å². The third kappa shape index (κ3) is 1.23. The quantitative estimate of drug-likeness (QED) is 0.637. The fourth-order valence-electron chi connectivity index (χ4n) is 0.883. The highest BCUT2D eigenvalue weighted by Crippen LogP contribution is 2.01. The predicted octanol–water partition coefficient (Wildman–Crippen LogP) is 1.17. The van der Waals surface area contributed by atoms with Gasteiger partial charge in [-0.1, -0.05) is 13.3 Å². The zero-order chi connectivity index (χ0) is 7.40. The maximum atomic E-state index is 10.3. The summed E-state index contributed by atoms with van der Waals surface area (Å²) in [6, 6.07) is 0. The van der Waals surface area contributed by atoms with Gasteiger partial charge in [0.15, 0.2) is 6.29 Å². The molecule has 0 saturated carbocycles. The van der Waals surface area contributed by atoms with Crippen molar-refractivity contribution in [1.82, 2.24) is 9.97 Å². The van der Waals surface area contributed by atoms with Gasteiger partial charge in [-0.05, 0) is 6.42 Å². The monoisotopic (exact) mass is 138 g/mol. The van der Waals surface area contributed by atoms with Crippen LogP contribution in [0.2, 0.25) is 0 Å². The lowest BCUT2D eigenvalue weighted by Gasteiger charge is -1.90. The van der Waals surface area contributed by atoms with Crippen LogP contribution in [0, 0.1) is 0 Å². The molecule has 1 aromatic rings. The standard InChI is InChI=1S/C7H10N2O/c1-2-3-6-7(4-10)9-5-8-6/h4-5H,2-3H2,1H3,(H,8,9). The number of rotatable bonds is 3. The summed E-state index contributed by atoms with van der Waals surface area (Å²) < 4.78 is 0. The molecule has 0 amide bonds. The molecule has 1 N–H and O–H groups in total. The molecule has 0 saturated heterocycles. The van der Waals surface area contributed by atoms with Gasteiger partial charge in [0.2, 0.25) is 0 Å². The van der Waals surface area contributed by atoms with Crippen molar-refractivity contribution in [2.45, 2.75) is 19.8 Å². The minimum absolute atomic E-state index is 0.543. The fraction of sp³-hybridized carbons (Fsp3) is 0.429. The van der Waals surface area contributed by atoms with E-state index in [4.69, 9.17) is 0 Å². The van der Waals surface area contributed by atoms with Crippen LogP contribution in [-0.4, -0.2) is 16.3 Å². The molecule has 54 valence electrons. The van der Waals surface area contributed by atoms with Gasteiger partial charge >= 0.3 is 0 Å². The molecule has 3 heteroatoms. The first-order valence-electron chi connectivity index (χ1n) is 3.36. The van der Waals surface area contributed by atoms with Crippen LogP contribution in [-0.2, 0) is 6.42 Å². The number of nitrogens with zero attached hydrogens (tertiary/aromatic N) is 1. The number of hydrogen-bond acceptors (Lipinski definition) is 2. The Morgan fingerprint density at radius 1 is 1.80 bits per heavy atom. The lowest BCUT2D eigenvalue weighted by Crippen LogP contribution is -1.89. The summed E-state index contributed by atoms with van der Waals surface area (Å²) in [4.78, 5) is 17.0. The lowest BCUT2D eigenvalue weighted by atomic mass is 10.2. The van der Waals surface area contributed by atoms with Gasteiger partial charge in [-0.25, -0.2) is 4.98 Å². The van der Waals surface area contributed by atoms with E-state index < -0.39 is 0 Å². The van der Waals surface area contributed by atoms with Gasteiger partial charge in [-0.2, -0.15) is 0 Å². The van der Waals surface area contributed by atoms with Crippen LogP contribution >= 0.6 is 0 Å². The molecule has 1 rings (SSSR count). The molecule has 0 aliphatic rings. The second-order valence-electron chi connectivity index (χ2n) is 2.13. The molecule has 1 heterocycles. The number of hydrogen-bond donors (Lipinski definition) is 1. The van der Waals surface area contributed by atoms with Gasteiger partial charge < -0.3 is 4.98 Å². The smallest absolute Gasteiger partial charge is 0.170 e. The van der Waals surface area contributed by atoms with Gasteiger partial charge in [0.25, 0.3) is 0 Å². The maximum absolute atomic E-state index is 10.3. The molecule has 0 atom stereocenters. The normalized spacial score (nSPS) is 9.70. The summed E-state index contributed by atoms with van der Waals surface area (Å²) >= 11 is 0. The van der Waals surface area contributed by atoms with Crippen LogP contribution < -0.4 is 0 Å². The van der Waals surface area contributed by atoms with E-state index in [-0.39, 0.29) is 0 Å². The third-order valence-corrected chi connectivity index (χ3v) is 1.36. The number of aldehydes is 1. The average molecular weight is 138 g/mol. The van der Waals surface area contributed by atoms with Crippen molar-refractivity contribution in [2.75, 3.05) is 0 Å². The summed E-state index contributed by atoms with van der Waals surface area (Å²) in [7, 11) is 0. The third-order valence-electron chi connectivity index (χ3n) is 1.36. The first-order chi connectivity index (χ1) is 4.88. The number of carbonyl (C=O) groups excluding carboxylic acids is 1. The minimum Gasteiger partial charge on any atom is -0.348 e. The maximum Gasteiger partial charge on any atom is 0.170 e. The molecule has 0 spiro atoms. The topological polar surface area (TPSA) is 45.8 Å². The van der Waals surface area contributed by atoms with Gasteiger partial charge in [0.05, 0.1) is 6.33 Å². The molecule has 10 heavy (non-hydrogen) atoms. The highest BCUT2D eigenvalue weighted by atomic mass is 16.1. The number of carbonyl (C=O) groups is 1. The Balaban J connectivity index is 2.79. The van der Waals surface area contributed by atoms with Crippen molar-refractivity contribution < 1.29 is 4.79 Å². The number of nitrogens with one attached hydrogen (secondary N) is 1. The molecule has 0 fully saturated rings. The van der Waals surface area contributed by atoms with Gasteiger partial charge in [0, 0.05) is 5.69 Å². The van der Waals surface area contributed by atoms with E-state index in [1.54, 1.807) is 6.33 Å². The molecule has 0 bridgehead atoms. The Morgan fingerprint density at radius 2 is 2.60 bits per heavy atom. The second kappa shape index (κ2) is 3.15. The van der Waals surface area contributed by atoms with E-state index in [1.165, 1.54) is 0 Å². The number of aryl methyl sites for hydroxylation is 1. The van der Waals surface area contributed by atoms with Crippen LogP contribution in [0.5, 0.6) is 0 Å². The van der Waals surface area contributed by atoms with E-state index in [9.17, 15) is 4.79 Å². The van der Waals surface area contributed by atoms with Crippen LogP contribution in [0.15, 0.2) is 6.33 Å². The van der Waals surface area contributed by atoms with E-state index in [1.807, 2.05) is 0 Å². The van der Waals surface area contributed by atoms with Gasteiger partial charge in [-0.3, -0.25) is 4.79 Å². The Bertz CT molecular complexity index is 217. The summed E-state index contributed by atoms with van der Waals surface area (Å²) in [5.41, 5.74) is 1.49. The van der Waals surface area contributed by atoms with Crippen molar-refractivity contribution in [3.05, 3.63) is 17.7 Å². The van der Waals surface area contributed by atoms with Gasteiger partial charge in [0.1, 0.15) is 5.69 Å². The van der Waals surface area contributed by atoms with Crippen LogP contribution in [0.25, 0.3) is 0 Å². The lowest BCUT2D eigenvalue weighted by molar-refractivity contribution is 0.111. The highest BCUT2D eigenvalue weighted by Gasteiger charge is 2.00. The predicted molar refractivity (Wildman–Crippen MR) is 38.0 cm³/mol. The molecule has 0 radical (unpaired) electrons. The number of aromatic nitrogens is 2. The molecular weight excluding hydrogens is 128 g/mol. The van der Waals surface area contributed by atoms with E-state index in [2.05, 4.69) is 16.9 Å². The van der Waals surface area contributed by atoms with Crippen molar-refractivity contribution in [1.29, 1.82) is 0 Å². The van der Waals surface area contributed by atoms with Gasteiger partial charge in [-0.15, -0.1) is 0 Å². The Hall–Kier alpha value is -1.12. The van der Waals surface area contributed by atoms with E-state index >= 15 is 0 Å². The van der Waals surface area contributed by atoms with Crippen LogP contribution in [0.4, 0.5) is 0 Å². The first kappa shape index (κ1) is 6.99.